The molecule has 3 fully saturated rings. The summed E-state index contributed by atoms with van der Waals surface area (Å²) in [5.41, 5.74) is 0.0852. The van der Waals surface area contributed by atoms with Crippen LogP contribution in [0.4, 0.5) is 0 Å². The molecule has 0 spiro atoms. The molecule has 4 heteroatoms. The maximum absolute atomic E-state index is 5.54. The SMILES string of the molecule is CCC12COC(C=CBr)(OC1)OC2. The van der Waals surface area contributed by atoms with Gasteiger partial charge in [-0.1, -0.05) is 22.9 Å². The Morgan fingerprint density at radius 1 is 1.23 bits per heavy atom. The van der Waals surface area contributed by atoms with E-state index in [1.54, 1.807) is 11.1 Å². The zero-order valence-electron chi connectivity index (χ0n) is 7.59. The lowest BCUT2D eigenvalue weighted by molar-refractivity contribution is -0.444. The quantitative estimate of drug-likeness (QED) is 0.749. The van der Waals surface area contributed by atoms with E-state index in [0.717, 1.165) is 26.2 Å². The van der Waals surface area contributed by atoms with E-state index in [1.807, 2.05) is 0 Å². The van der Waals surface area contributed by atoms with Crippen molar-refractivity contribution in [3.8, 4) is 0 Å². The third-order valence-electron chi connectivity index (χ3n) is 2.76. The van der Waals surface area contributed by atoms with E-state index >= 15 is 0 Å². The van der Waals surface area contributed by atoms with Gasteiger partial charge in [-0.3, -0.25) is 0 Å². The van der Waals surface area contributed by atoms with E-state index < -0.39 is 5.97 Å². The van der Waals surface area contributed by atoms with Gasteiger partial charge in [-0.25, -0.2) is 0 Å². The van der Waals surface area contributed by atoms with Crippen molar-refractivity contribution < 1.29 is 14.2 Å². The number of ether oxygens (including phenoxy) is 3. The van der Waals surface area contributed by atoms with Crippen molar-refractivity contribution in [3.63, 3.8) is 0 Å². The van der Waals surface area contributed by atoms with Gasteiger partial charge in [0.05, 0.1) is 19.8 Å². The predicted octanol–water partition coefficient (Wildman–Crippen LogP) is 2.02. The van der Waals surface area contributed by atoms with Crippen LogP contribution in [0.5, 0.6) is 0 Å². The molecule has 0 saturated carbocycles. The van der Waals surface area contributed by atoms with Gasteiger partial charge in [0.2, 0.25) is 0 Å². The van der Waals surface area contributed by atoms with E-state index in [1.165, 1.54) is 0 Å². The van der Waals surface area contributed by atoms with Gasteiger partial charge in [-0.2, -0.15) is 0 Å². The summed E-state index contributed by atoms with van der Waals surface area (Å²) >= 11 is 3.19. The first-order chi connectivity index (χ1) is 6.24. The van der Waals surface area contributed by atoms with Gasteiger partial charge >= 0.3 is 5.97 Å². The van der Waals surface area contributed by atoms with Gasteiger partial charge in [0.1, 0.15) is 0 Å². The third-order valence-corrected chi connectivity index (χ3v) is 3.02. The van der Waals surface area contributed by atoms with Crippen LogP contribution in [0.1, 0.15) is 13.3 Å². The standard InChI is InChI=1S/C9H13BrO3/c1-2-8-5-11-9(3-4-10,12-6-8)13-7-8/h3-4H,2,5-7H2,1H3. The van der Waals surface area contributed by atoms with Crippen LogP contribution < -0.4 is 0 Å². The predicted molar refractivity (Wildman–Crippen MR) is 51.4 cm³/mol. The van der Waals surface area contributed by atoms with Crippen molar-refractivity contribution in [2.45, 2.75) is 19.3 Å². The molecule has 3 nitrogen and oxygen atoms in total. The van der Waals surface area contributed by atoms with Crippen molar-refractivity contribution in [2.24, 2.45) is 5.41 Å². The number of halogens is 1. The molecule has 0 aromatic heterocycles. The summed E-state index contributed by atoms with van der Waals surface area (Å²) in [6, 6.07) is 0. The Balaban J connectivity index is 2.11. The molecule has 0 unspecified atom stereocenters. The molecule has 0 atom stereocenters. The van der Waals surface area contributed by atoms with Gasteiger partial charge < -0.3 is 14.2 Å². The van der Waals surface area contributed by atoms with Crippen LogP contribution >= 0.6 is 15.9 Å². The lowest BCUT2D eigenvalue weighted by Crippen LogP contribution is -2.58. The Kier molecular flexibility index (Phi) is 2.49. The topological polar surface area (TPSA) is 27.7 Å². The molecule has 74 valence electrons. The Hall–Kier alpha value is 0.1000. The second-order valence-electron chi connectivity index (χ2n) is 3.62. The maximum Gasteiger partial charge on any atom is 0.305 e. The highest BCUT2D eigenvalue weighted by atomic mass is 79.9. The molecule has 0 amide bonds. The summed E-state index contributed by atoms with van der Waals surface area (Å²) in [6.07, 6.45) is 2.77. The van der Waals surface area contributed by atoms with E-state index in [0.29, 0.717) is 0 Å². The van der Waals surface area contributed by atoms with Crippen LogP contribution in [0.25, 0.3) is 0 Å². The van der Waals surface area contributed by atoms with Gasteiger partial charge in [0.15, 0.2) is 0 Å². The highest BCUT2D eigenvalue weighted by molar-refractivity contribution is 9.11. The third kappa shape index (κ3) is 1.56. The summed E-state index contributed by atoms with van der Waals surface area (Å²) in [5.74, 6) is -0.916. The molecule has 0 aromatic carbocycles. The molecule has 3 aliphatic heterocycles. The lowest BCUT2D eigenvalue weighted by Gasteiger charge is -2.50. The van der Waals surface area contributed by atoms with Crippen molar-refractivity contribution in [1.29, 1.82) is 0 Å². The highest BCUT2D eigenvalue weighted by Gasteiger charge is 2.50. The van der Waals surface area contributed by atoms with Crippen LogP contribution in [0, 0.1) is 5.41 Å². The molecular weight excluding hydrogens is 236 g/mol. The zero-order valence-corrected chi connectivity index (χ0v) is 9.17. The maximum atomic E-state index is 5.54. The van der Waals surface area contributed by atoms with Gasteiger partial charge in [-0.05, 0) is 11.4 Å². The van der Waals surface area contributed by atoms with Crippen LogP contribution in [0.15, 0.2) is 11.1 Å². The Morgan fingerprint density at radius 2 is 1.77 bits per heavy atom. The van der Waals surface area contributed by atoms with Gasteiger partial charge in [-0.15, -0.1) is 0 Å². The second-order valence-corrected chi connectivity index (χ2v) is 4.14. The molecule has 0 radical (unpaired) electrons. The first kappa shape index (κ1) is 9.65. The van der Waals surface area contributed by atoms with Crippen molar-refractivity contribution in [3.05, 3.63) is 11.1 Å². The zero-order chi connectivity index (χ0) is 9.36. The summed E-state index contributed by atoms with van der Waals surface area (Å²) in [5, 5.41) is 0. The largest absolute Gasteiger partial charge is 0.323 e. The molecule has 0 aliphatic carbocycles. The first-order valence-electron chi connectivity index (χ1n) is 4.44. The summed E-state index contributed by atoms with van der Waals surface area (Å²) in [4.78, 5) is 1.71. The molecule has 2 bridgehead atoms. The van der Waals surface area contributed by atoms with Gasteiger partial charge in [0.25, 0.3) is 0 Å². The average molecular weight is 249 g/mol. The van der Waals surface area contributed by atoms with Crippen LogP contribution in [-0.2, 0) is 14.2 Å². The Bertz CT molecular complexity index is 202. The van der Waals surface area contributed by atoms with Crippen molar-refractivity contribution in [1.82, 2.24) is 0 Å². The Labute approximate surface area is 86.2 Å². The van der Waals surface area contributed by atoms with Gasteiger partial charge in [0, 0.05) is 11.5 Å². The summed E-state index contributed by atoms with van der Waals surface area (Å²) in [7, 11) is 0. The fourth-order valence-electron chi connectivity index (χ4n) is 1.54. The molecule has 0 aromatic rings. The molecule has 3 heterocycles. The molecular formula is C9H13BrO3. The fourth-order valence-corrected chi connectivity index (χ4v) is 1.86. The van der Waals surface area contributed by atoms with Crippen molar-refractivity contribution >= 4 is 15.9 Å². The minimum Gasteiger partial charge on any atom is -0.323 e. The van der Waals surface area contributed by atoms with Crippen LogP contribution in [0.2, 0.25) is 0 Å². The van der Waals surface area contributed by atoms with E-state index in [9.17, 15) is 0 Å². The van der Waals surface area contributed by atoms with Crippen molar-refractivity contribution in [2.75, 3.05) is 19.8 Å². The highest BCUT2D eigenvalue weighted by Crippen LogP contribution is 2.40. The molecule has 3 aliphatic rings. The first-order valence-corrected chi connectivity index (χ1v) is 5.36. The number of hydrogen-bond acceptors (Lipinski definition) is 3. The molecule has 3 saturated heterocycles. The number of rotatable bonds is 2. The summed E-state index contributed by atoms with van der Waals surface area (Å²) in [6.45, 7) is 4.30. The van der Waals surface area contributed by atoms with E-state index in [2.05, 4.69) is 22.9 Å². The molecule has 0 N–H and O–H groups in total. The average Bonchev–Trinajstić information content (AvgIpc) is 2.21. The Morgan fingerprint density at radius 3 is 2.15 bits per heavy atom. The van der Waals surface area contributed by atoms with E-state index in [4.69, 9.17) is 14.2 Å². The fraction of sp³-hybridized carbons (Fsp3) is 0.778. The minimum absolute atomic E-state index is 0.0852. The smallest absolute Gasteiger partial charge is 0.305 e. The monoisotopic (exact) mass is 248 g/mol. The minimum atomic E-state index is -0.916. The normalized spacial score (nSPS) is 44.5. The molecule has 13 heavy (non-hydrogen) atoms. The molecule has 3 rings (SSSR count). The summed E-state index contributed by atoms with van der Waals surface area (Å²) < 4.78 is 16.6. The lowest BCUT2D eigenvalue weighted by atomic mass is 9.86. The van der Waals surface area contributed by atoms with Crippen LogP contribution in [0.3, 0.4) is 0 Å². The number of fused-ring (bicyclic) bond motifs is 3. The number of hydrogen-bond donors (Lipinski definition) is 0. The van der Waals surface area contributed by atoms with E-state index in [-0.39, 0.29) is 5.41 Å². The second kappa shape index (κ2) is 3.35. The van der Waals surface area contributed by atoms with Crippen LogP contribution in [-0.4, -0.2) is 25.8 Å².